The van der Waals surface area contributed by atoms with Crippen molar-refractivity contribution < 1.29 is 28.7 Å². The summed E-state index contributed by atoms with van der Waals surface area (Å²) in [5, 5.41) is 0. The summed E-state index contributed by atoms with van der Waals surface area (Å²) >= 11 is 0. The van der Waals surface area contributed by atoms with Gasteiger partial charge in [0.25, 0.3) is 23.6 Å². The lowest BCUT2D eigenvalue weighted by Gasteiger charge is -2.34. The largest absolute Gasteiger partial charge is 0.457 e. The van der Waals surface area contributed by atoms with Gasteiger partial charge in [-0.2, -0.15) is 0 Å². The number of hydrogen-bond acceptors (Lipinski definition) is 6. The van der Waals surface area contributed by atoms with Gasteiger partial charge in [0.05, 0.1) is 39.0 Å². The van der Waals surface area contributed by atoms with Crippen molar-refractivity contribution in [3.8, 4) is 34.1 Å². The maximum absolute atomic E-state index is 13.0. The van der Waals surface area contributed by atoms with E-state index in [9.17, 15) is 19.2 Å². The SMILES string of the molecule is O=C1c2ccccc2C(=O)N1c1ccc(Oc2ccc(C3(c4ccc(Oc5ccc(N6C(=O)c7ccccc7C6=O)cc5)cc4)c4ccccc4-c4ccccc43)cc2)cc1. The normalized spacial score (nSPS) is 14.4. The summed E-state index contributed by atoms with van der Waals surface area (Å²) in [6, 6.07) is 60.8. The third-order valence-corrected chi connectivity index (χ3v) is 11.8. The maximum Gasteiger partial charge on any atom is 0.266 e. The number of hydrogen-bond donors (Lipinski definition) is 0. The molecule has 3 aliphatic rings. The second-order valence-corrected chi connectivity index (χ2v) is 15.1. The molecule has 11 rings (SSSR count). The molecule has 290 valence electrons. The Morgan fingerprint density at radius 2 is 0.557 bits per heavy atom. The molecule has 0 atom stereocenters. The highest BCUT2D eigenvalue weighted by atomic mass is 16.5. The Bertz CT molecular complexity index is 2820. The number of fused-ring (bicyclic) bond motifs is 5. The summed E-state index contributed by atoms with van der Waals surface area (Å²) in [6.07, 6.45) is 0. The summed E-state index contributed by atoms with van der Waals surface area (Å²) in [7, 11) is 0. The molecule has 0 aromatic heterocycles. The van der Waals surface area contributed by atoms with Gasteiger partial charge >= 0.3 is 0 Å². The number of ether oxygens (including phenoxy) is 2. The minimum absolute atomic E-state index is 0.343. The third-order valence-electron chi connectivity index (χ3n) is 11.8. The molecule has 0 N–H and O–H groups in total. The fraction of sp³-hybridized carbons (Fsp3) is 0.0189. The zero-order valence-corrected chi connectivity index (χ0v) is 32.3. The molecule has 8 aromatic carbocycles. The molecule has 8 nitrogen and oxygen atoms in total. The van der Waals surface area contributed by atoms with Crippen LogP contribution in [-0.4, -0.2) is 23.6 Å². The maximum atomic E-state index is 13.0. The molecule has 4 amide bonds. The first-order valence-electron chi connectivity index (χ1n) is 19.8. The number of imide groups is 2. The van der Waals surface area contributed by atoms with Crippen LogP contribution in [0.5, 0.6) is 23.0 Å². The summed E-state index contributed by atoms with van der Waals surface area (Å²) in [6.45, 7) is 0. The molecule has 1 aliphatic carbocycles. The van der Waals surface area contributed by atoms with Gasteiger partial charge in [-0.15, -0.1) is 0 Å². The van der Waals surface area contributed by atoms with E-state index in [4.69, 9.17) is 9.47 Å². The Balaban J connectivity index is 0.876. The molecule has 0 saturated carbocycles. The van der Waals surface area contributed by atoms with Gasteiger partial charge in [-0.25, -0.2) is 9.80 Å². The standard InChI is InChI=1S/C53H32N2O6/c56-49-43-11-1-2-12-44(43)50(57)54(49)35-21-29-39(30-22-35)60-37-25-17-33(18-26-37)53(47-15-7-5-9-41(47)42-10-6-8-16-48(42)53)34-19-27-38(28-20-34)61-40-31-23-36(24-32-40)55-51(58)45-13-3-4-14-46(45)52(55)59/h1-32H. The second kappa shape index (κ2) is 13.9. The van der Waals surface area contributed by atoms with Gasteiger partial charge < -0.3 is 9.47 Å². The number of amides is 4. The molecule has 0 unspecified atom stereocenters. The number of carbonyl (C=O) groups excluding carboxylic acids is 4. The Hall–Kier alpha value is -8.36. The predicted molar refractivity (Wildman–Crippen MR) is 232 cm³/mol. The van der Waals surface area contributed by atoms with Gasteiger partial charge in [0, 0.05) is 0 Å². The van der Waals surface area contributed by atoms with Crippen molar-refractivity contribution in [2.45, 2.75) is 5.41 Å². The lowest BCUT2D eigenvalue weighted by molar-refractivity contribution is 0.0910. The molecule has 2 heterocycles. The predicted octanol–water partition coefficient (Wildman–Crippen LogP) is 11.2. The molecule has 2 aliphatic heterocycles. The molecule has 0 saturated heterocycles. The lowest BCUT2D eigenvalue weighted by Crippen LogP contribution is -2.29. The van der Waals surface area contributed by atoms with Crippen molar-refractivity contribution in [3.63, 3.8) is 0 Å². The van der Waals surface area contributed by atoms with E-state index >= 15 is 0 Å². The van der Waals surface area contributed by atoms with Crippen LogP contribution < -0.4 is 19.3 Å². The summed E-state index contributed by atoms with van der Waals surface area (Å²) < 4.78 is 12.6. The first-order chi connectivity index (χ1) is 29.9. The van der Waals surface area contributed by atoms with E-state index < -0.39 is 5.41 Å². The van der Waals surface area contributed by atoms with Crippen LogP contribution in [0, 0.1) is 0 Å². The number of carbonyl (C=O) groups is 4. The molecule has 8 aromatic rings. The number of anilines is 2. The average Bonchev–Trinajstić information content (AvgIpc) is 3.86. The fourth-order valence-corrected chi connectivity index (χ4v) is 9.02. The monoisotopic (exact) mass is 792 g/mol. The van der Waals surface area contributed by atoms with Gasteiger partial charge in [0.2, 0.25) is 0 Å². The van der Waals surface area contributed by atoms with Crippen molar-refractivity contribution in [3.05, 3.63) is 239 Å². The summed E-state index contributed by atoms with van der Waals surface area (Å²) in [4.78, 5) is 54.5. The van der Waals surface area contributed by atoms with Crippen molar-refractivity contribution in [1.29, 1.82) is 0 Å². The van der Waals surface area contributed by atoms with Gasteiger partial charge in [0.1, 0.15) is 23.0 Å². The van der Waals surface area contributed by atoms with Gasteiger partial charge in [-0.1, -0.05) is 97.1 Å². The van der Waals surface area contributed by atoms with Gasteiger partial charge in [-0.3, -0.25) is 19.2 Å². The fourth-order valence-electron chi connectivity index (χ4n) is 9.02. The number of nitrogens with zero attached hydrogens (tertiary/aromatic N) is 2. The Labute approximate surface area is 350 Å². The van der Waals surface area contributed by atoms with E-state index in [1.54, 1.807) is 97.1 Å². The first kappa shape index (κ1) is 35.8. The summed E-state index contributed by atoms with van der Waals surface area (Å²) in [5.74, 6) is 1.01. The van der Waals surface area contributed by atoms with Crippen molar-refractivity contribution in [2.24, 2.45) is 0 Å². The van der Waals surface area contributed by atoms with Crippen molar-refractivity contribution in [1.82, 2.24) is 0 Å². The summed E-state index contributed by atoms with van der Waals surface area (Å²) in [5.41, 5.74) is 8.62. The molecular weight excluding hydrogens is 761 g/mol. The molecule has 8 heteroatoms. The van der Waals surface area contributed by atoms with Crippen molar-refractivity contribution in [2.75, 3.05) is 9.80 Å². The third kappa shape index (κ3) is 5.53. The number of rotatable bonds is 8. The van der Waals surface area contributed by atoms with E-state index in [1.807, 2.05) is 24.3 Å². The Morgan fingerprint density at radius 3 is 0.869 bits per heavy atom. The first-order valence-corrected chi connectivity index (χ1v) is 19.8. The van der Waals surface area contributed by atoms with Crippen LogP contribution in [0.25, 0.3) is 11.1 Å². The van der Waals surface area contributed by atoms with Crippen LogP contribution in [0.4, 0.5) is 11.4 Å². The van der Waals surface area contributed by atoms with E-state index in [0.717, 1.165) is 33.4 Å². The zero-order chi connectivity index (χ0) is 41.2. The molecule has 0 fully saturated rings. The topological polar surface area (TPSA) is 93.2 Å². The van der Waals surface area contributed by atoms with Crippen LogP contribution in [0.3, 0.4) is 0 Å². The van der Waals surface area contributed by atoms with Crippen LogP contribution in [0.1, 0.15) is 63.7 Å². The minimum Gasteiger partial charge on any atom is -0.457 e. The highest BCUT2D eigenvalue weighted by molar-refractivity contribution is 6.35. The quantitative estimate of drug-likeness (QED) is 0.142. The molecular formula is C53H32N2O6. The lowest BCUT2D eigenvalue weighted by atomic mass is 9.68. The zero-order valence-electron chi connectivity index (χ0n) is 32.3. The van der Waals surface area contributed by atoms with Gasteiger partial charge in [0.15, 0.2) is 0 Å². The highest BCUT2D eigenvalue weighted by Gasteiger charge is 2.46. The molecule has 0 bridgehead atoms. The average molecular weight is 793 g/mol. The van der Waals surface area contributed by atoms with Crippen LogP contribution in [-0.2, 0) is 5.41 Å². The van der Waals surface area contributed by atoms with Crippen LogP contribution in [0.2, 0.25) is 0 Å². The van der Waals surface area contributed by atoms with E-state index in [-0.39, 0.29) is 23.6 Å². The van der Waals surface area contributed by atoms with E-state index in [2.05, 4.69) is 72.8 Å². The smallest absolute Gasteiger partial charge is 0.266 e. The van der Waals surface area contributed by atoms with Crippen LogP contribution in [0.15, 0.2) is 194 Å². The number of benzene rings is 8. The Morgan fingerprint density at radius 1 is 0.295 bits per heavy atom. The minimum atomic E-state index is -0.660. The van der Waals surface area contributed by atoms with E-state index in [0.29, 0.717) is 56.6 Å². The molecule has 61 heavy (non-hydrogen) atoms. The second-order valence-electron chi connectivity index (χ2n) is 15.1. The highest BCUT2D eigenvalue weighted by Crippen LogP contribution is 2.56. The van der Waals surface area contributed by atoms with E-state index in [1.165, 1.54) is 9.80 Å². The van der Waals surface area contributed by atoms with Crippen molar-refractivity contribution >= 4 is 35.0 Å². The molecule has 0 spiro atoms. The van der Waals surface area contributed by atoms with Crippen LogP contribution >= 0.6 is 0 Å². The Kier molecular flexibility index (Phi) is 8.15. The molecule has 0 radical (unpaired) electrons. The van der Waals surface area contributed by atoms with Gasteiger partial charge in [-0.05, 0) is 130 Å².